The lowest BCUT2D eigenvalue weighted by molar-refractivity contribution is -0.118. The van der Waals surface area contributed by atoms with Gasteiger partial charge < -0.3 is 10.4 Å². The molecule has 2 rings (SSSR count). The van der Waals surface area contributed by atoms with Crippen LogP contribution >= 0.6 is 11.8 Å². The predicted octanol–water partition coefficient (Wildman–Crippen LogP) is 2.11. The molecule has 0 spiro atoms. The van der Waals surface area contributed by atoms with E-state index in [9.17, 15) is 9.90 Å². The molecule has 0 saturated heterocycles. The number of amides is 1. The highest BCUT2D eigenvalue weighted by Crippen LogP contribution is 2.27. The summed E-state index contributed by atoms with van der Waals surface area (Å²) in [7, 11) is 0. The number of hydrogen-bond acceptors (Lipinski definition) is 3. The number of carbonyl (C=O) groups is 1. The maximum Gasteiger partial charge on any atom is 0.230 e. The van der Waals surface area contributed by atoms with Crippen molar-refractivity contribution in [2.24, 2.45) is 0 Å². The number of thioether (sulfide) groups is 1. The Morgan fingerprint density at radius 2 is 2.24 bits per heavy atom. The lowest BCUT2D eigenvalue weighted by Crippen LogP contribution is -2.27. The third-order valence-corrected chi connectivity index (χ3v) is 3.76. The molecular weight excluding hydrogens is 234 g/mol. The lowest BCUT2D eigenvalue weighted by Gasteiger charge is -2.11. The zero-order valence-electron chi connectivity index (χ0n) is 9.85. The molecule has 1 aromatic rings. The van der Waals surface area contributed by atoms with Crippen LogP contribution in [0.3, 0.4) is 0 Å². The molecule has 0 bridgehead atoms. The van der Waals surface area contributed by atoms with Gasteiger partial charge in [0, 0.05) is 10.9 Å². The molecule has 0 radical (unpaired) electrons. The molecule has 1 aromatic carbocycles. The quantitative estimate of drug-likeness (QED) is 0.788. The standard InChI is InChI=1S/C13H17NO2S/c1-9(15)11-4-2-3-5-12(11)17-8-13(16)14-10-6-7-10/h2-5,9-10,15H,6-8H2,1H3,(H,14,16)/t9-/m0/s1. The zero-order valence-corrected chi connectivity index (χ0v) is 10.7. The van der Waals surface area contributed by atoms with Crippen molar-refractivity contribution in [1.29, 1.82) is 0 Å². The molecule has 1 aliphatic rings. The molecule has 92 valence electrons. The van der Waals surface area contributed by atoms with Crippen molar-refractivity contribution in [1.82, 2.24) is 5.32 Å². The van der Waals surface area contributed by atoms with Crippen LogP contribution in [0.1, 0.15) is 31.4 Å². The molecule has 0 aromatic heterocycles. The number of hydrogen-bond donors (Lipinski definition) is 2. The third-order valence-electron chi connectivity index (χ3n) is 2.67. The second-order valence-corrected chi connectivity index (χ2v) is 5.36. The van der Waals surface area contributed by atoms with E-state index < -0.39 is 6.10 Å². The van der Waals surface area contributed by atoms with Crippen molar-refractivity contribution in [3.05, 3.63) is 29.8 Å². The van der Waals surface area contributed by atoms with Crippen LogP contribution in [0.2, 0.25) is 0 Å². The topological polar surface area (TPSA) is 49.3 Å². The van der Waals surface area contributed by atoms with Gasteiger partial charge in [0.05, 0.1) is 11.9 Å². The highest BCUT2D eigenvalue weighted by molar-refractivity contribution is 8.00. The Kier molecular flexibility index (Phi) is 4.07. The van der Waals surface area contributed by atoms with Crippen LogP contribution in [0, 0.1) is 0 Å². The molecule has 1 fully saturated rings. The number of aliphatic hydroxyl groups excluding tert-OH is 1. The lowest BCUT2D eigenvalue weighted by atomic mass is 10.1. The third kappa shape index (κ3) is 3.75. The Hall–Kier alpha value is -1.00. The van der Waals surface area contributed by atoms with Crippen LogP contribution in [0.5, 0.6) is 0 Å². The van der Waals surface area contributed by atoms with Crippen molar-refractivity contribution in [2.45, 2.75) is 36.8 Å². The van der Waals surface area contributed by atoms with E-state index in [0.29, 0.717) is 11.8 Å². The number of benzene rings is 1. The summed E-state index contributed by atoms with van der Waals surface area (Å²) < 4.78 is 0. The molecule has 0 aliphatic heterocycles. The smallest absolute Gasteiger partial charge is 0.230 e. The van der Waals surface area contributed by atoms with Gasteiger partial charge in [0.1, 0.15) is 0 Å². The van der Waals surface area contributed by atoms with Crippen LogP contribution in [0.25, 0.3) is 0 Å². The molecule has 1 saturated carbocycles. The summed E-state index contributed by atoms with van der Waals surface area (Å²) in [4.78, 5) is 12.5. The Balaban J connectivity index is 1.90. The number of rotatable bonds is 5. The Morgan fingerprint density at radius 3 is 2.88 bits per heavy atom. The molecular formula is C13H17NO2S. The summed E-state index contributed by atoms with van der Waals surface area (Å²) in [5, 5.41) is 12.6. The Labute approximate surface area is 106 Å². The summed E-state index contributed by atoms with van der Waals surface area (Å²) in [5.41, 5.74) is 0.886. The average Bonchev–Trinajstić information content (AvgIpc) is 3.10. The minimum atomic E-state index is -0.495. The highest BCUT2D eigenvalue weighted by Gasteiger charge is 2.23. The van der Waals surface area contributed by atoms with E-state index >= 15 is 0 Å². The fourth-order valence-electron chi connectivity index (χ4n) is 1.60. The van der Waals surface area contributed by atoms with E-state index in [2.05, 4.69) is 5.32 Å². The van der Waals surface area contributed by atoms with Crippen LogP contribution in [-0.4, -0.2) is 22.8 Å². The highest BCUT2D eigenvalue weighted by atomic mass is 32.2. The van der Waals surface area contributed by atoms with Gasteiger partial charge in [-0.1, -0.05) is 18.2 Å². The van der Waals surface area contributed by atoms with E-state index in [1.54, 1.807) is 6.92 Å². The molecule has 1 atom stereocenters. The predicted molar refractivity (Wildman–Crippen MR) is 69.0 cm³/mol. The molecule has 0 heterocycles. The first kappa shape index (κ1) is 12.5. The van der Waals surface area contributed by atoms with Crippen LogP contribution < -0.4 is 5.32 Å². The molecule has 4 heteroatoms. The second-order valence-electron chi connectivity index (χ2n) is 4.34. The van der Waals surface area contributed by atoms with Gasteiger partial charge in [0.15, 0.2) is 0 Å². The summed E-state index contributed by atoms with van der Waals surface area (Å²) in [6, 6.07) is 8.07. The van der Waals surface area contributed by atoms with Crippen molar-refractivity contribution in [3.63, 3.8) is 0 Å². The first-order valence-electron chi connectivity index (χ1n) is 5.86. The molecule has 0 unspecified atom stereocenters. The van der Waals surface area contributed by atoms with Gasteiger partial charge in [0.25, 0.3) is 0 Å². The van der Waals surface area contributed by atoms with Gasteiger partial charge in [-0.2, -0.15) is 0 Å². The maximum atomic E-state index is 11.6. The van der Waals surface area contributed by atoms with Gasteiger partial charge in [-0.15, -0.1) is 11.8 Å². The van der Waals surface area contributed by atoms with Gasteiger partial charge in [0.2, 0.25) is 5.91 Å². The summed E-state index contributed by atoms with van der Waals surface area (Å²) in [6.07, 6.45) is 1.73. The van der Waals surface area contributed by atoms with Gasteiger partial charge in [-0.25, -0.2) is 0 Å². The number of carbonyl (C=O) groups excluding carboxylic acids is 1. The minimum Gasteiger partial charge on any atom is -0.389 e. The fraction of sp³-hybridized carbons (Fsp3) is 0.462. The molecule has 1 amide bonds. The monoisotopic (exact) mass is 251 g/mol. The molecule has 1 aliphatic carbocycles. The zero-order chi connectivity index (χ0) is 12.3. The van der Waals surface area contributed by atoms with Gasteiger partial charge in [-0.05, 0) is 31.4 Å². The first-order valence-corrected chi connectivity index (χ1v) is 6.84. The van der Waals surface area contributed by atoms with Crippen LogP contribution in [-0.2, 0) is 4.79 Å². The molecule has 2 N–H and O–H groups in total. The van der Waals surface area contributed by atoms with Crippen LogP contribution in [0.4, 0.5) is 0 Å². The molecule has 3 nitrogen and oxygen atoms in total. The minimum absolute atomic E-state index is 0.0814. The van der Waals surface area contributed by atoms with Crippen LogP contribution in [0.15, 0.2) is 29.2 Å². The van der Waals surface area contributed by atoms with E-state index in [4.69, 9.17) is 0 Å². The van der Waals surface area contributed by atoms with Gasteiger partial charge in [-0.3, -0.25) is 4.79 Å². The first-order chi connectivity index (χ1) is 8.16. The number of nitrogens with one attached hydrogen (secondary N) is 1. The van der Waals surface area contributed by atoms with E-state index in [0.717, 1.165) is 23.3 Å². The van der Waals surface area contributed by atoms with E-state index in [-0.39, 0.29) is 5.91 Å². The normalized spacial score (nSPS) is 16.6. The van der Waals surface area contributed by atoms with E-state index in [1.807, 2.05) is 24.3 Å². The van der Waals surface area contributed by atoms with Crippen molar-refractivity contribution < 1.29 is 9.90 Å². The van der Waals surface area contributed by atoms with Crippen molar-refractivity contribution in [2.75, 3.05) is 5.75 Å². The van der Waals surface area contributed by atoms with Crippen molar-refractivity contribution in [3.8, 4) is 0 Å². The number of aliphatic hydroxyl groups is 1. The molecule has 17 heavy (non-hydrogen) atoms. The SMILES string of the molecule is C[C@H](O)c1ccccc1SCC(=O)NC1CC1. The summed E-state index contributed by atoms with van der Waals surface area (Å²) >= 11 is 1.48. The summed E-state index contributed by atoms with van der Waals surface area (Å²) in [6.45, 7) is 1.74. The Morgan fingerprint density at radius 1 is 1.53 bits per heavy atom. The average molecular weight is 251 g/mol. The fourth-order valence-corrected chi connectivity index (χ4v) is 2.55. The van der Waals surface area contributed by atoms with Gasteiger partial charge >= 0.3 is 0 Å². The summed E-state index contributed by atoms with van der Waals surface area (Å²) in [5.74, 6) is 0.498. The van der Waals surface area contributed by atoms with Crippen molar-refractivity contribution >= 4 is 17.7 Å². The second kappa shape index (κ2) is 5.56. The largest absolute Gasteiger partial charge is 0.389 e. The maximum absolute atomic E-state index is 11.6. The van der Waals surface area contributed by atoms with E-state index in [1.165, 1.54) is 11.8 Å². The Bertz CT molecular complexity index is 402.